The number of hydrogen-bond acceptors (Lipinski definition) is 3. The quantitative estimate of drug-likeness (QED) is 0.919. The summed E-state index contributed by atoms with van der Waals surface area (Å²) in [6.07, 6.45) is 0. The highest BCUT2D eigenvalue weighted by Crippen LogP contribution is 2.17. The Labute approximate surface area is 142 Å². The van der Waals surface area contributed by atoms with E-state index in [1.807, 2.05) is 26.0 Å². The SMILES string of the molecule is COc1cccc(NC(=O)CN(C)C(=O)c2ccc(C)c(C)c2)c1. The van der Waals surface area contributed by atoms with Gasteiger partial charge in [-0.05, 0) is 49.2 Å². The maximum Gasteiger partial charge on any atom is 0.254 e. The first-order valence-corrected chi connectivity index (χ1v) is 7.67. The fourth-order valence-corrected chi connectivity index (χ4v) is 2.28. The number of anilines is 1. The summed E-state index contributed by atoms with van der Waals surface area (Å²) < 4.78 is 5.12. The van der Waals surface area contributed by atoms with Crippen LogP contribution in [-0.4, -0.2) is 37.4 Å². The van der Waals surface area contributed by atoms with E-state index in [2.05, 4.69) is 5.32 Å². The van der Waals surface area contributed by atoms with Gasteiger partial charge in [0.15, 0.2) is 0 Å². The fraction of sp³-hybridized carbons (Fsp3) is 0.263. The Morgan fingerprint density at radius 3 is 2.50 bits per heavy atom. The van der Waals surface area contributed by atoms with Gasteiger partial charge in [0.25, 0.3) is 5.91 Å². The molecular formula is C19H22N2O3. The number of likely N-dealkylation sites (N-methyl/N-ethyl adjacent to an activating group) is 1. The average molecular weight is 326 g/mol. The number of hydrogen-bond donors (Lipinski definition) is 1. The van der Waals surface area contributed by atoms with E-state index in [0.29, 0.717) is 17.0 Å². The largest absolute Gasteiger partial charge is 0.497 e. The third-order valence-corrected chi connectivity index (χ3v) is 3.83. The Balaban J connectivity index is 1.99. The van der Waals surface area contributed by atoms with E-state index in [0.717, 1.165) is 11.1 Å². The molecule has 0 aromatic heterocycles. The number of aryl methyl sites for hydroxylation is 2. The molecule has 0 spiro atoms. The Morgan fingerprint density at radius 2 is 1.83 bits per heavy atom. The van der Waals surface area contributed by atoms with E-state index in [4.69, 9.17) is 4.74 Å². The fourth-order valence-electron chi connectivity index (χ4n) is 2.28. The van der Waals surface area contributed by atoms with Crippen molar-refractivity contribution in [1.29, 1.82) is 0 Å². The van der Waals surface area contributed by atoms with E-state index < -0.39 is 0 Å². The summed E-state index contributed by atoms with van der Waals surface area (Å²) in [4.78, 5) is 26.0. The van der Waals surface area contributed by atoms with Crippen LogP contribution in [0.4, 0.5) is 5.69 Å². The zero-order valence-corrected chi connectivity index (χ0v) is 14.4. The van der Waals surface area contributed by atoms with Crippen molar-refractivity contribution in [3.8, 4) is 5.75 Å². The molecular weight excluding hydrogens is 304 g/mol. The van der Waals surface area contributed by atoms with Crippen molar-refractivity contribution < 1.29 is 14.3 Å². The molecule has 0 aliphatic rings. The van der Waals surface area contributed by atoms with E-state index in [1.54, 1.807) is 44.5 Å². The van der Waals surface area contributed by atoms with Gasteiger partial charge in [0.2, 0.25) is 5.91 Å². The van der Waals surface area contributed by atoms with Gasteiger partial charge in [-0.15, -0.1) is 0 Å². The Hall–Kier alpha value is -2.82. The number of carbonyl (C=O) groups excluding carboxylic acids is 2. The van der Waals surface area contributed by atoms with Crippen molar-refractivity contribution in [2.75, 3.05) is 26.0 Å². The Bertz CT molecular complexity index is 756. The number of benzene rings is 2. The topological polar surface area (TPSA) is 58.6 Å². The lowest BCUT2D eigenvalue weighted by atomic mass is 10.1. The zero-order valence-electron chi connectivity index (χ0n) is 14.4. The predicted octanol–water partition coefficient (Wildman–Crippen LogP) is 3.02. The molecule has 1 N–H and O–H groups in total. The van der Waals surface area contributed by atoms with Crippen LogP contribution in [0.15, 0.2) is 42.5 Å². The number of methoxy groups -OCH3 is 1. The van der Waals surface area contributed by atoms with Gasteiger partial charge in [0.1, 0.15) is 5.75 Å². The number of carbonyl (C=O) groups is 2. The van der Waals surface area contributed by atoms with E-state index >= 15 is 0 Å². The lowest BCUT2D eigenvalue weighted by molar-refractivity contribution is -0.116. The number of rotatable bonds is 5. The maximum absolute atomic E-state index is 12.4. The molecule has 0 saturated heterocycles. The van der Waals surface area contributed by atoms with Crippen molar-refractivity contribution in [3.63, 3.8) is 0 Å². The van der Waals surface area contributed by atoms with Gasteiger partial charge in [-0.1, -0.05) is 12.1 Å². The number of nitrogens with zero attached hydrogens (tertiary/aromatic N) is 1. The average Bonchev–Trinajstić information content (AvgIpc) is 2.56. The van der Waals surface area contributed by atoms with Crippen LogP contribution in [0, 0.1) is 13.8 Å². The van der Waals surface area contributed by atoms with Crippen LogP contribution < -0.4 is 10.1 Å². The molecule has 5 heteroatoms. The minimum Gasteiger partial charge on any atom is -0.497 e. The normalized spacial score (nSPS) is 10.2. The molecule has 0 aliphatic heterocycles. The summed E-state index contributed by atoms with van der Waals surface area (Å²) in [5.41, 5.74) is 3.39. The summed E-state index contributed by atoms with van der Waals surface area (Å²) in [6, 6.07) is 12.6. The second-order valence-corrected chi connectivity index (χ2v) is 5.74. The van der Waals surface area contributed by atoms with Gasteiger partial charge >= 0.3 is 0 Å². The van der Waals surface area contributed by atoms with Crippen molar-refractivity contribution in [2.45, 2.75) is 13.8 Å². The molecule has 0 aliphatic carbocycles. The van der Waals surface area contributed by atoms with Crippen molar-refractivity contribution in [3.05, 3.63) is 59.2 Å². The van der Waals surface area contributed by atoms with Crippen LogP contribution in [0.3, 0.4) is 0 Å². The monoisotopic (exact) mass is 326 g/mol. The van der Waals surface area contributed by atoms with Crippen molar-refractivity contribution in [1.82, 2.24) is 4.90 Å². The summed E-state index contributed by atoms with van der Waals surface area (Å²) >= 11 is 0. The molecule has 2 aromatic carbocycles. The smallest absolute Gasteiger partial charge is 0.254 e. The Morgan fingerprint density at radius 1 is 1.08 bits per heavy atom. The lowest BCUT2D eigenvalue weighted by Gasteiger charge is -2.17. The molecule has 5 nitrogen and oxygen atoms in total. The first-order chi connectivity index (χ1) is 11.4. The maximum atomic E-state index is 12.4. The van der Waals surface area contributed by atoms with Crippen molar-refractivity contribution in [2.24, 2.45) is 0 Å². The molecule has 0 saturated carbocycles. The van der Waals surface area contributed by atoms with E-state index in [9.17, 15) is 9.59 Å². The van der Waals surface area contributed by atoms with Gasteiger partial charge in [-0.3, -0.25) is 9.59 Å². The Kier molecular flexibility index (Phi) is 5.58. The second kappa shape index (κ2) is 7.64. The zero-order chi connectivity index (χ0) is 17.7. The summed E-state index contributed by atoms with van der Waals surface area (Å²) in [7, 11) is 3.18. The highest BCUT2D eigenvalue weighted by molar-refractivity contribution is 5.99. The van der Waals surface area contributed by atoms with Crippen LogP contribution in [0.5, 0.6) is 5.75 Å². The highest BCUT2D eigenvalue weighted by Gasteiger charge is 2.15. The molecule has 24 heavy (non-hydrogen) atoms. The third kappa shape index (κ3) is 4.35. The lowest BCUT2D eigenvalue weighted by Crippen LogP contribution is -2.35. The third-order valence-electron chi connectivity index (χ3n) is 3.83. The highest BCUT2D eigenvalue weighted by atomic mass is 16.5. The molecule has 0 bridgehead atoms. The number of ether oxygens (including phenoxy) is 1. The molecule has 126 valence electrons. The van der Waals surface area contributed by atoms with E-state index in [-0.39, 0.29) is 18.4 Å². The first-order valence-electron chi connectivity index (χ1n) is 7.67. The molecule has 2 aromatic rings. The summed E-state index contributed by atoms with van der Waals surface area (Å²) in [5.74, 6) is 0.217. The number of amides is 2. The molecule has 0 radical (unpaired) electrons. The van der Waals surface area contributed by atoms with Gasteiger partial charge in [-0.2, -0.15) is 0 Å². The van der Waals surface area contributed by atoms with E-state index in [1.165, 1.54) is 4.90 Å². The van der Waals surface area contributed by atoms with Gasteiger partial charge in [-0.25, -0.2) is 0 Å². The van der Waals surface area contributed by atoms with Gasteiger partial charge in [0.05, 0.1) is 13.7 Å². The summed E-state index contributed by atoms with van der Waals surface area (Å²) in [6.45, 7) is 3.93. The van der Waals surface area contributed by atoms with Crippen LogP contribution in [0.1, 0.15) is 21.5 Å². The number of nitrogens with one attached hydrogen (secondary N) is 1. The second-order valence-electron chi connectivity index (χ2n) is 5.74. The van der Waals surface area contributed by atoms with Gasteiger partial charge < -0.3 is 15.0 Å². The van der Waals surface area contributed by atoms with Crippen molar-refractivity contribution >= 4 is 17.5 Å². The minimum atomic E-state index is -0.261. The molecule has 2 rings (SSSR count). The summed E-state index contributed by atoms with van der Waals surface area (Å²) in [5, 5.41) is 2.76. The molecule has 2 amide bonds. The minimum absolute atomic E-state index is 0.0248. The van der Waals surface area contributed by atoms with Gasteiger partial charge in [0, 0.05) is 24.4 Å². The standard InChI is InChI=1S/C19H22N2O3/c1-13-8-9-15(10-14(13)2)19(23)21(3)12-18(22)20-16-6-5-7-17(11-16)24-4/h5-11H,12H2,1-4H3,(H,20,22). The first kappa shape index (κ1) is 17.5. The molecule has 0 fully saturated rings. The van der Waals surface area contributed by atoms with Crippen LogP contribution in [0.25, 0.3) is 0 Å². The van der Waals surface area contributed by atoms with Crippen LogP contribution in [0.2, 0.25) is 0 Å². The molecule has 0 atom stereocenters. The molecule has 0 unspecified atom stereocenters. The molecule has 0 heterocycles. The van der Waals surface area contributed by atoms with Crippen LogP contribution in [-0.2, 0) is 4.79 Å². The van der Waals surface area contributed by atoms with Crippen LogP contribution >= 0.6 is 0 Å². The predicted molar refractivity (Wildman–Crippen MR) is 94.5 cm³/mol.